The van der Waals surface area contributed by atoms with E-state index in [0.717, 1.165) is 31.8 Å². The molecule has 0 unspecified atom stereocenters. The molecule has 0 saturated heterocycles. The highest BCUT2D eigenvalue weighted by molar-refractivity contribution is 5.34. The van der Waals surface area contributed by atoms with Crippen molar-refractivity contribution in [3.63, 3.8) is 0 Å². The molecule has 0 radical (unpaired) electrons. The molecule has 0 amide bonds. The molecule has 0 bridgehead atoms. The fourth-order valence-electron chi connectivity index (χ4n) is 2.76. The first-order valence-corrected chi connectivity index (χ1v) is 6.78. The molecule has 0 saturated carbocycles. The summed E-state index contributed by atoms with van der Waals surface area (Å²) in [6.07, 6.45) is 1.14. The van der Waals surface area contributed by atoms with Gasteiger partial charge in [0.2, 0.25) is 0 Å². The quantitative estimate of drug-likeness (QED) is 0.832. The van der Waals surface area contributed by atoms with E-state index in [1.165, 1.54) is 16.7 Å². The minimum atomic E-state index is 0.957. The Morgan fingerprint density at radius 2 is 1.74 bits per heavy atom. The molecule has 0 aliphatic carbocycles. The van der Waals surface area contributed by atoms with Crippen LogP contribution in [0.2, 0.25) is 0 Å². The predicted octanol–water partition coefficient (Wildman–Crippen LogP) is 3.25. The van der Waals surface area contributed by atoms with Gasteiger partial charge in [0.25, 0.3) is 0 Å². The van der Waals surface area contributed by atoms with Crippen molar-refractivity contribution < 1.29 is 4.74 Å². The third kappa shape index (κ3) is 2.64. The SMILES string of the molecule is COc1ccccc1CN1CCc2ccccc2C1. The lowest BCUT2D eigenvalue weighted by atomic mass is 9.99. The zero-order chi connectivity index (χ0) is 13.1. The fourth-order valence-corrected chi connectivity index (χ4v) is 2.76. The summed E-state index contributed by atoms with van der Waals surface area (Å²) in [5.41, 5.74) is 4.23. The van der Waals surface area contributed by atoms with Gasteiger partial charge in [-0.3, -0.25) is 4.90 Å². The maximum atomic E-state index is 5.43. The molecule has 1 heterocycles. The van der Waals surface area contributed by atoms with E-state index >= 15 is 0 Å². The molecule has 0 spiro atoms. The first kappa shape index (κ1) is 12.2. The normalized spacial score (nSPS) is 15.0. The van der Waals surface area contributed by atoms with Crippen LogP contribution in [0, 0.1) is 0 Å². The summed E-state index contributed by atoms with van der Waals surface area (Å²) < 4.78 is 5.43. The summed E-state index contributed by atoms with van der Waals surface area (Å²) >= 11 is 0. The number of fused-ring (bicyclic) bond motifs is 1. The Hall–Kier alpha value is -1.80. The van der Waals surface area contributed by atoms with Crippen molar-refractivity contribution in [2.45, 2.75) is 19.5 Å². The monoisotopic (exact) mass is 253 g/mol. The Bertz CT molecular complexity index is 565. The van der Waals surface area contributed by atoms with Gasteiger partial charge >= 0.3 is 0 Å². The summed E-state index contributed by atoms with van der Waals surface area (Å²) in [7, 11) is 1.74. The second kappa shape index (κ2) is 5.45. The van der Waals surface area contributed by atoms with Crippen LogP contribution in [0.25, 0.3) is 0 Å². The van der Waals surface area contributed by atoms with Crippen molar-refractivity contribution in [3.05, 3.63) is 65.2 Å². The van der Waals surface area contributed by atoms with E-state index in [1.807, 2.05) is 12.1 Å². The van der Waals surface area contributed by atoms with Crippen LogP contribution < -0.4 is 4.74 Å². The molecular weight excluding hydrogens is 234 g/mol. The first-order valence-electron chi connectivity index (χ1n) is 6.78. The molecule has 2 heteroatoms. The van der Waals surface area contributed by atoms with E-state index in [9.17, 15) is 0 Å². The zero-order valence-electron chi connectivity index (χ0n) is 11.3. The summed E-state index contributed by atoms with van der Waals surface area (Å²) in [5.74, 6) is 0.987. The number of benzene rings is 2. The van der Waals surface area contributed by atoms with E-state index in [0.29, 0.717) is 0 Å². The summed E-state index contributed by atoms with van der Waals surface area (Å²) in [6.45, 7) is 3.11. The average Bonchev–Trinajstić information content (AvgIpc) is 2.48. The van der Waals surface area contributed by atoms with Crippen LogP contribution >= 0.6 is 0 Å². The number of para-hydroxylation sites is 1. The second-order valence-electron chi connectivity index (χ2n) is 5.04. The molecule has 19 heavy (non-hydrogen) atoms. The Morgan fingerprint density at radius 3 is 2.58 bits per heavy atom. The van der Waals surface area contributed by atoms with Crippen LogP contribution in [0.5, 0.6) is 5.75 Å². The third-order valence-corrected chi connectivity index (χ3v) is 3.80. The van der Waals surface area contributed by atoms with Gasteiger partial charge < -0.3 is 4.74 Å². The maximum Gasteiger partial charge on any atom is 0.123 e. The lowest BCUT2D eigenvalue weighted by molar-refractivity contribution is 0.242. The first-order chi connectivity index (χ1) is 9.36. The molecule has 3 rings (SSSR count). The number of rotatable bonds is 3. The van der Waals surface area contributed by atoms with Crippen LogP contribution in [0.1, 0.15) is 16.7 Å². The largest absolute Gasteiger partial charge is 0.496 e. The summed E-state index contributed by atoms with van der Waals surface area (Å²) in [5, 5.41) is 0. The average molecular weight is 253 g/mol. The van der Waals surface area contributed by atoms with E-state index in [1.54, 1.807) is 7.11 Å². The Labute approximate surface area is 114 Å². The van der Waals surface area contributed by atoms with Gasteiger partial charge in [-0.25, -0.2) is 0 Å². The molecule has 1 aliphatic rings. The van der Waals surface area contributed by atoms with Gasteiger partial charge in [0.1, 0.15) is 5.75 Å². The minimum Gasteiger partial charge on any atom is -0.496 e. The van der Waals surface area contributed by atoms with E-state index < -0.39 is 0 Å². The molecule has 1 aliphatic heterocycles. The second-order valence-corrected chi connectivity index (χ2v) is 5.04. The van der Waals surface area contributed by atoms with Crippen molar-refractivity contribution in [2.24, 2.45) is 0 Å². The zero-order valence-corrected chi connectivity index (χ0v) is 11.3. The van der Waals surface area contributed by atoms with E-state index in [-0.39, 0.29) is 0 Å². The van der Waals surface area contributed by atoms with Crippen molar-refractivity contribution in [2.75, 3.05) is 13.7 Å². The topological polar surface area (TPSA) is 12.5 Å². The van der Waals surface area contributed by atoms with Gasteiger partial charge in [-0.15, -0.1) is 0 Å². The fraction of sp³-hybridized carbons (Fsp3) is 0.294. The smallest absolute Gasteiger partial charge is 0.123 e. The van der Waals surface area contributed by atoms with Crippen molar-refractivity contribution in [1.82, 2.24) is 4.90 Å². The van der Waals surface area contributed by atoms with Crippen molar-refractivity contribution >= 4 is 0 Å². The summed E-state index contributed by atoms with van der Waals surface area (Å²) in [6, 6.07) is 17.0. The molecule has 0 atom stereocenters. The molecule has 0 N–H and O–H groups in total. The third-order valence-electron chi connectivity index (χ3n) is 3.80. The highest BCUT2D eigenvalue weighted by Crippen LogP contribution is 2.24. The van der Waals surface area contributed by atoms with Gasteiger partial charge in [-0.1, -0.05) is 42.5 Å². The molecule has 2 nitrogen and oxygen atoms in total. The van der Waals surface area contributed by atoms with Gasteiger partial charge in [0.05, 0.1) is 7.11 Å². The van der Waals surface area contributed by atoms with Gasteiger partial charge in [-0.2, -0.15) is 0 Å². The highest BCUT2D eigenvalue weighted by Gasteiger charge is 2.16. The molecule has 2 aromatic carbocycles. The van der Waals surface area contributed by atoms with Crippen molar-refractivity contribution in [3.8, 4) is 5.75 Å². The number of hydrogen-bond acceptors (Lipinski definition) is 2. The Balaban J connectivity index is 1.75. The number of nitrogens with zero attached hydrogens (tertiary/aromatic N) is 1. The van der Waals surface area contributed by atoms with Crippen LogP contribution in [0.4, 0.5) is 0 Å². The molecule has 0 fully saturated rings. The van der Waals surface area contributed by atoms with Crippen LogP contribution in [-0.4, -0.2) is 18.6 Å². The minimum absolute atomic E-state index is 0.957. The Kier molecular flexibility index (Phi) is 3.51. The highest BCUT2D eigenvalue weighted by atomic mass is 16.5. The molecule has 2 aromatic rings. The van der Waals surface area contributed by atoms with Gasteiger partial charge in [0.15, 0.2) is 0 Å². The lowest BCUT2D eigenvalue weighted by Crippen LogP contribution is -2.30. The van der Waals surface area contributed by atoms with Crippen LogP contribution in [0.15, 0.2) is 48.5 Å². The predicted molar refractivity (Wildman–Crippen MR) is 77.3 cm³/mol. The Morgan fingerprint density at radius 1 is 1.00 bits per heavy atom. The number of ether oxygens (including phenoxy) is 1. The van der Waals surface area contributed by atoms with E-state index in [2.05, 4.69) is 41.3 Å². The standard InChI is InChI=1S/C17H19NO/c1-19-17-9-5-4-8-16(17)13-18-11-10-14-6-2-3-7-15(14)12-18/h2-9H,10-13H2,1H3. The lowest BCUT2D eigenvalue weighted by Gasteiger charge is -2.29. The van der Waals surface area contributed by atoms with Crippen LogP contribution in [0.3, 0.4) is 0 Å². The maximum absolute atomic E-state index is 5.43. The van der Waals surface area contributed by atoms with Gasteiger partial charge in [0, 0.05) is 25.2 Å². The molecular formula is C17H19NO. The van der Waals surface area contributed by atoms with Crippen molar-refractivity contribution in [1.29, 1.82) is 0 Å². The molecule has 98 valence electrons. The van der Waals surface area contributed by atoms with E-state index in [4.69, 9.17) is 4.74 Å². The number of methoxy groups -OCH3 is 1. The number of hydrogen-bond donors (Lipinski definition) is 0. The van der Waals surface area contributed by atoms with Crippen LogP contribution in [-0.2, 0) is 19.5 Å². The van der Waals surface area contributed by atoms with Gasteiger partial charge in [-0.05, 0) is 23.6 Å². The molecule has 0 aromatic heterocycles. The summed E-state index contributed by atoms with van der Waals surface area (Å²) in [4.78, 5) is 2.49.